The van der Waals surface area contributed by atoms with Crippen LogP contribution in [0.2, 0.25) is 0 Å². The quantitative estimate of drug-likeness (QED) is 0.722. The van der Waals surface area contributed by atoms with Gasteiger partial charge in [-0.15, -0.1) is 0 Å². The predicted octanol–water partition coefficient (Wildman–Crippen LogP) is 2.01. The average Bonchev–Trinajstić information content (AvgIpc) is 2.18. The minimum atomic E-state index is 0.716. The van der Waals surface area contributed by atoms with Gasteiger partial charge in [-0.1, -0.05) is 30.4 Å². The van der Waals surface area contributed by atoms with Gasteiger partial charge in [0.15, 0.2) is 5.88 Å². The molecule has 0 radical (unpaired) electrons. The Bertz CT molecular complexity index is 360. The van der Waals surface area contributed by atoms with Gasteiger partial charge in [0.2, 0.25) is 0 Å². The fourth-order valence-corrected chi connectivity index (χ4v) is 1.40. The van der Waals surface area contributed by atoms with Gasteiger partial charge < -0.3 is 10.1 Å². The molecular weight excluding hydrogens is 182 g/mol. The molecule has 1 heterocycles. The Labute approximate surface area is 82.2 Å². The molecule has 1 N–H and O–H groups in total. The highest BCUT2D eigenvalue weighted by Gasteiger charge is 2.09. The lowest BCUT2D eigenvalue weighted by Crippen LogP contribution is -2.18. The molecule has 0 aromatic heterocycles. The van der Waals surface area contributed by atoms with Gasteiger partial charge in [-0.25, -0.2) is 0 Å². The van der Waals surface area contributed by atoms with Crippen LogP contribution in [0.5, 0.6) is 5.75 Å². The predicted molar refractivity (Wildman–Crippen MR) is 55.6 cm³/mol. The van der Waals surface area contributed by atoms with Crippen molar-refractivity contribution >= 4 is 17.7 Å². The summed E-state index contributed by atoms with van der Waals surface area (Å²) < 4.78 is 5.52. The van der Waals surface area contributed by atoms with Gasteiger partial charge in [0, 0.05) is 0 Å². The summed E-state index contributed by atoms with van der Waals surface area (Å²) in [7, 11) is 0. The fourth-order valence-electron chi connectivity index (χ4n) is 1.28. The van der Waals surface area contributed by atoms with Crippen molar-refractivity contribution in [1.29, 1.82) is 0 Å². The second-order valence-corrected chi connectivity index (χ2v) is 2.98. The Balaban J connectivity index is 2.22. The summed E-state index contributed by atoms with van der Waals surface area (Å²) in [5.41, 5.74) is 2.65. The van der Waals surface area contributed by atoms with Gasteiger partial charge in [-0.2, -0.15) is 0 Å². The zero-order valence-corrected chi connectivity index (χ0v) is 7.80. The van der Waals surface area contributed by atoms with E-state index >= 15 is 0 Å². The van der Waals surface area contributed by atoms with E-state index in [-0.39, 0.29) is 0 Å². The molecule has 0 bridgehead atoms. The molecule has 13 heavy (non-hydrogen) atoms. The van der Waals surface area contributed by atoms with Crippen LogP contribution in [0, 0.1) is 0 Å². The van der Waals surface area contributed by atoms with Gasteiger partial charge in [0.1, 0.15) is 5.75 Å². The van der Waals surface area contributed by atoms with Crippen molar-refractivity contribution in [3.05, 3.63) is 41.8 Å². The monoisotopic (exact) mass is 191 g/mol. The van der Waals surface area contributed by atoms with Crippen molar-refractivity contribution in [3.63, 3.8) is 0 Å². The van der Waals surface area contributed by atoms with Crippen LogP contribution in [-0.2, 0) is 6.42 Å². The van der Waals surface area contributed by atoms with Crippen molar-refractivity contribution < 1.29 is 4.74 Å². The van der Waals surface area contributed by atoms with Crippen molar-refractivity contribution in [2.45, 2.75) is 6.42 Å². The van der Waals surface area contributed by atoms with Crippen molar-refractivity contribution in [1.82, 2.24) is 5.32 Å². The lowest BCUT2D eigenvalue weighted by molar-refractivity contribution is 0.390. The lowest BCUT2D eigenvalue weighted by Gasteiger charge is -2.16. The van der Waals surface area contributed by atoms with E-state index in [2.05, 4.69) is 23.6 Å². The van der Waals surface area contributed by atoms with Gasteiger partial charge in [-0.3, -0.25) is 0 Å². The Morgan fingerprint density at radius 1 is 1.38 bits per heavy atom. The highest BCUT2D eigenvalue weighted by Crippen LogP contribution is 2.24. The van der Waals surface area contributed by atoms with E-state index in [9.17, 15) is 0 Å². The number of hydrogen-bond donors (Lipinski definition) is 1. The zero-order valence-electron chi connectivity index (χ0n) is 6.99. The number of fused-ring (bicyclic) bond motifs is 1. The Kier molecular flexibility index (Phi) is 2.27. The maximum atomic E-state index is 5.52. The molecule has 0 spiro atoms. The summed E-state index contributed by atoms with van der Waals surface area (Å²) in [5, 5.41) is 2.85. The molecule has 0 aliphatic carbocycles. The standard InChI is InChI=1S/C10H9NOS/c13-7-11-10-6-5-8-3-1-2-4-9(8)12-10/h1-4,6-7H,5H2,(H,11,13). The van der Waals surface area contributed by atoms with E-state index in [1.54, 1.807) is 0 Å². The third-order valence-corrected chi connectivity index (χ3v) is 2.02. The Morgan fingerprint density at radius 2 is 2.23 bits per heavy atom. The van der Waals surface area contributed by atoms with E-state index in [1.807, 2.05) is 24.3 Å². The number of nitrogens with one attached hydrogen (secondary N) is 1. The molecule has 2 nitrogen and oxygen atoms in total. The lowest BCUT2D eigenvalue weighted by atomic mass is 10.1. The summed E-state index contributed by atoms with van der Waals surface area (Å²) in [4.78, 5) is 0. The van der Waals surface area contributed by atoms with Crippen LogP contribution in [0.3, 0.4) is 0 Å². The number of benzene rings is 1. The van der Waals surface area contributed by atoms with Crippen LogP contribution in [0.25, 0.3) is 0 Å². The molecule has 0 unspecified atom stereocenters. The second kappa shape index (κ2) is 3.58. The topological polar surface area (TPSA) is 21.3 Å². The molecule has 0 saturated carbocycles. The summed E-state index contributed by atoms with van der Waals surface area (Å²) in [6.45, 7) is 0. The van der Waals surface area contributed by atoms with Crippen molar-refractivity contribution in [3.8, 4) is 5.75 Å². The zero-order chi connectivity index (χ0) is 9.10. The molecular formula is C10H9NOS. The highest BCUT2D eigenvalue weighted by atomic mass is 32.1. The molecule has 1 aliphatic rings. The summed E-state index contributed by atoms with van der Waals surface area (Å²) in [5.74, 6) is 1.62. The first-order valence-corrected chi connectivity index (χ1v) is 4.53. The smallest absolute Gasteiger partial charge is 0.194 e. The molecule has 1 aromatic carbocycles. The van der Waals surface area contributed by atoms with E-state index in [4.69, 9.17) is 4.74 Å². The number of ether oxygens (including phenoxy) is 1. The molecule has 2 rings (SSSR count). The van der Waals surface area contributed by atoms with E-state index in [0.717, 1.165) is 12.2 Å². The molecule has 1 aromatic rings. The number of allylic oxidation sites excluding steroid dienone is 1. The third kappa shape index (κ3) is 1.70. The highest BCUT2D eigenvalue weighted by molar-refractivity contribution is 7.78. The minimum absolute atomic E-state index is 0.716. The maximum absolute atomic E-state index is 5.52. The normalized spacial score (nSPS) is 13.7. The number of para-hydroxylation sites is 1. The largest absolute Gasteiger partial charge is 0.441 e. The van der Waals surface area contributed by atoms with E-state index in [0.29, 0.717) is 5.88 Å². The van der Waals surface area contributed by atoms with Crippen LogP contribution >= 0.6 is 12.2 Å². The van der Waals surface area contributed by atoms with Crippen LogP contribution in [-0.4, -0.2) is 5.49 Å². The molecule has 0 fully saturated rings. The van der Waals surface area contributed by atoms with Gasteiger partial charge in [0.05, 0.1) is 5.49 Å². The molecule has 3 heteroatoms. The number of hydrogen-bond acceptors (Lipinski definition) is 2. The Morgan fingerprint density at radius 3 is 3.08 bits per heavy atom. The fraction of sp³-hybridized carbons (Fsp3) is 0.100. The van der Waals surface area contributed by atoms with Crippen LogP contribution in [0.4, 0.5) is 0 Å². The molecule has 0 amide bonds. The van der Waals surface area contributed by atoms with E-state index < -0.39 is 0 Å². The SMILES string of the molecule is S=CNC1=CCc2ccccc2O1. The van der Waals surface area contributed by atoms with Crippen LogP contribution in [0.15, 0.2) is 36.2 Å². The number of rotatable bonds is 2. The summed E-state index contributed by atoms with van der Waals surface area (Å²) in [6.07, 6.45) is 2.87. The van der Waals surface area contributed by atoms with E-state index in [1.165, 1.54) is 11.1 Å². The van der Waals surface area contributed by atoms with Crippen LogP contribution < -0.4 is 10.1 Å². The second-order valence-electron chi connectivity index (χ2n) is 2.74. The molecule has 66 valence electrons. The summed E-state index contributed by atoms with van der Waals surface area (Å²) >= 11 is 4.67. The van der Waals surface area contributed by atoms with Gasteiger partial charge in [0.25, 0.3) is 0 Å². The Hall–Kier alpha value is -1.35. The first-order chi connectivity index (χ1) is 6.40. The summed E-state index contributed by atoms with van der Waals surface area (Å²) in [6, 6.07) is 7.97. The minimum Gasteiger partial charge on any atom is -0.441 e. The first-order valence-electron chi connectivity index (χ1n) is 4.06. The molecule has 0 atom stereocenters. The molecule has 0 saturated heterocycles. The van der Waals surface area contributed by atoms with Crippen molar-refractivity contribution in [2.75, 3.05) is 0 Å². The first kappa shape index (κ1) is 8.26. The van der Waals surface area contributed by atoms with Gasteiger partial charge in [-0.05, 0) is 24.1 Å². The average molecular weight is 191 g/mol. The van der Waals surface area contributed by atoms with Gasteiger partial charge >= 0.3 is 0 Å². The third-order valence-electron chi connectivity index (χ3n) is 1.90. The van der Waals surface area contributed by atoms with Crippen LogP contribution in [0.1, 0.15) is 5.56 Å². The molecule has 1 aliphatic heterocycles. The number of thiocarbonyl (C=S) groups is 1. The van der Waals surface area contributed by atoms with Crippen molar-refractivity contribution in [2.24, 2.45) is 0 Å². The maximum Gasteiger partial charge on any atom is 0.194 e.